The molecule has 11 heteroatoms. The summed E-state index contributed by atoms with van der Waals surface area (Å²) in [5, 5.41) is 10.0. The highest BCUT2D eigenvalue weighted by molar-refractivity contribution is 8.11. The quantitative estimate of drug-likeness (QED) is 0.397. The van der Waals surface area contributed by atoms with Gasteiger partial charge in [-0.15, -0.1) is 0 Å². The first kappa shape index (κ1) is 27.5. The van der Waals surface area contributed by atoms with Crippen molar-refractivity contribution in [2.24, 2.45) is 0 Å². The number of pyridine rings is 2. The van der Waals surface area contributed by atoms with E-state index >= 15 is 0 Å². The normalized spacial score (nSPS) is 12.7. The molecule has 1 N–H and O–H groups in total. The summed E-state index contributed by atoms with van der Waals surface area (Å²) in [6, 6.07) is 3.99. The first-order valence-corrected chi connectivity index (χ1v) is 12.0. The molecule has 0 aliphatic rings. The van der Waals surface area contributed by atoms with Crippen LogP contribution in [0, 0.1) is 18.6 Å². The lowest BCUT2D eigenvalue weighted by molar-refractivity contribution is 0.0686. The fraction of sp³-hybridized carbons (Fsp3) is 0.280. The molecule has 0 saturated heterocycles. The molecule has 3 rings (SSSR count). The number of hydrogen-bond donors (Lipinski definition) is 1. The van der Waals surface area contributed by atoms with Crippen molar-refractivity contribution >= 4 is 34.5 Å². The van der Waals surface area contributed by atoms with Crippen LogP contribution in [-0.4, -0.2) is 24.6 Å². The van der Waals surface area contributed by atoms with Gasteiger partial charge in [0.25, 0.3) is 5.56 Å². The van der Waals surface area contributed by atoms with Gasteiger partial charge in [-0.05, 0) is 40.7 Å². The summed E-state index contributed by atoms with van der Waals surface area (Å²) in [7, 11) is 0. The maximum atomic E-state index is 13.8. The Labute approximate surface area is 216 Å². The Kier molecular flexibility index (Phi) is 8.65. The highest BCUT2D eigenvalue weighted by Crippen LogP contribution is 2.33. The third kappa shape index (κ3) is 6.57. The van der Waals surface area contributed by atoms with Crippen molar-refractivity contribution in [1.29, 1.82) is 0 Å². The van der Waals surface area contributed by atoms with E-state index in [2.05, 4.69) is 15.0 Å². The average Bonchev–Trinajstić information content (AvgIpc) is 2.82. The Bertz CT molecular complexity index is 1400. The summed E-state index contributed by atoms with van der Waals surface area (Å²) >= 11 is 7.64. The van der Waals surface area contributed by atoms with E-state index in [9.17, 15) is 18.7 Å². The van der Waals surface area contributed by atoms with Crippen LogP contribution in [0.3, 0.4) is 0 Å². The third-order valence-electron chi connectivity index (χ3n) is 4.89. The van der Waals surface area contributed by atoms with Gasteiger partial charge in [0.1, 0.15) is 34.5 Å². The number of aliphatic hydroxyl groups is 1. The van der Waals surface area contributed by atoms with E-state index in [0.29, 0.717) is 23.3 Å². The van der Waals surface area contributed by atoms with E-state index in [-0.39, 0.29) is 23.1 Å². The van der Waals surface area contributed by atoms with Gasteiger partial charge in [-0.3, -0.25) is 14.3 Å². The van der Waals surface area contributed by atoms with Gasteiger partial charge >= 0.3 is 0 Å². The molecule has 0 spiro atoms. The predicted octanol–water partition coefficient (Wildman–Crippen LogP) is 5.69. The highest BCUT2D eigenvalue weighted by atomic mass is 35.5. The van der Waals surface area contributed by atoms with Crippen molar-refractivity contribution in [2.45, 2.75) is 46.8 Å². The molecule has 0 bridgehead atoms. The van der Waals surface area contributed by atoms with Gasteiger partial charge in [-0.2, -0.15) is 0 Å². The monoisotopic (exact) mass is 534 g/mol. The van der Waals surface area contributed by atoms with Crippen LogP contribution >= 0.6 is 23.4 Å². The highest BCUT2D eigenvalue weighted by Gasteiger charge is 2.20. The molecular weight excluding hydrogens is 510 g/mol. The maximum Gasteiger partial charge on any atom is 0.277 e. The maximum absolute atomic E-state index is 13.8. The van der Waals surface area contributed by atoms with Crippen LogP contribution in [0.2, 0.25) is 5.02 Å². The van der Waals surface area contributed by atoms with Crippen molar-refractivity contribution < 1.29 is 18.6 Å². The number of halogens is 3. The van der Waals surface area contributed by atoms with E-state index in [1.54, 1.807) is 45.3 Å². The van der Waals surface area contributed by atoms with E-state index < -0.39 is 22.8 Å². The molecule has 3 aromatic heterocycles. The number of aryl methyl sites for hydroxylation is 1. The molecule has 0 aliphatic heterocycles. The minimum Gasteiger partial charge on any atom is -0.485 e. The lowest BCUT2D eigenvalue weighted by atomic mass is 10.1. The molecule has 0 fully saturated rings. The lowest BCUT2D eigenvalue weighted by Crippen LogP contribution is -2.20. The second-order valence-corrected chi connectivity index (χ2v) is 9.99. The molecule has 36 heavy (non-hydrogen) atoms. The molecule has 0 radical (unpaired) electrons. The average molecular weight is 535 g/mol. The summed E-state index contributed by atoms with van der Waals surface area (Å²) in [5.41, 5.74) is -0.658. The number of rotatable bonds is 8. The Hall–Kier alpha value is -3.08. The van der Waals surface area contributed by atoms with Crippen molar-refractivity contribution in [3.63, 3.8) is 0 Å². The van der Waals surface area contributed by atoms with Crippen molar-refractivity contribution in [1.82, 2.24) is 19.5 Å². The Balaban J connectivity index is 1.83. The van der Waals surface area contributed by atoms with Crippen molar-refractivity contribution in [2.75, 3.05) is 0 Å². The van der Waals surface area contributed by atoms with Crippen LogP contribution in [0.1, 0.15) is 50.6 Å². The van der Waals surface area contributed by atoms with Gasteiger partial charge < -0.3 is 9.84 Å². The molecule has 3 aromatic rings. The molecule has 7 nitrogen and oxygen atoms in total. The second kappa shape index (κ2) is 11.3. The van der Waals surface area contributed by atoms with E-state index in [0.717, 1.165) is 16.0 Å². The molecule has 0 saturated carbocycles. The number of hydrogen-bond acceptors (Lipinski definition) is 7. The van der Waals surface area contributed by atoms with Gasteiger partial charge in [0, 0.05) is 40.0 Å². The molecule has 190 valence electrons. The van der Waals surface area contributed by atoms with Crippen molar-refractivity contribution in [3.8, 4) is 5.75 Å². The molecule has 3 heterocycles. The number of allylic oxidation sites excluding steroid dienone is 2. The topological polar surface area (TPSA) is 90.1 Å². The minimum atomic E-state index is -1.19. The number of ether oxygens (including phenoxy) is 1. The molecule has 0 atom stereocenters. The largest absolute Gasteiger partial charge is 0.485 e. The van der Waals surface area contributed by atoms with Crippen LogP contribution in [0.4, 0.5) is 8.78 Å². The molecular formula is C25H25ClF2N4O3S. The van der Waals surface area contributed by atoms with Crippen LogP contribution in [0.25, 0.3) is 11.1 Å². The lowest BCUT2D eigenvalue weighted by Gasteiger charge is -2.16. The smallest absolute Gasteiger partial charge is 0.277 e. The van der Waals surface area contributed by atoms with Gasteiger partial charge in [0.05, 0.1) is 11.9 Å². The summed E-state index contributed by atoms with van der Waals surface area (Å²) in [5.74, 6) is -1.29. The van der Waals surface area contributed by atoms with Crippen LogP contribution in [-0.2, 0) is 12.2 Å². The van der Waals surface area contributed by atoms with Gasteiger partial charge in [0.15, 0.2) is 11.6 Å². The zero-order valence-corrected chi connectivity index (χ0v) is 21.9. The second-order valence-electron chi connectivity index (χ2n) is 8.33. The van der Waals surface area contributed by atoms with Crippen LogP contribution in [0.15, 0.2) is 46.4 Å². The Morgan fingerprint density at radius 1 is 1.31 bits per heavy atom. The molecule has 0 aromatic carbocycles. The first-order valence-electron chi connectivity index (χ1n) is 10.8. The summed E-state index contributed by atoms with van der Waals surface area (Å²) in [4.78, 5) is 26.8. The van der Waals surface area contributed by atoms with Crippen LogP contribution in [0.5, 0.6) is 5.75 Å². The van der Waals surface area contributed by atoms with E-state index in [4.69, 9.17) is 16.3 Å². The van der Waals surface area contributed by atoms with Gasteiger partial charge in [-0.1, -0.05) is 29.4 Å². The van der Waals surface area contributed by atoms with E-state index in [1.807, 2.05) is 19.9 Å². The Morgan fingerprint density at radius 2 is 2.03 bits per heavy atom. The number of nitrogens with zero attached hydrogens (tertiary/aromatic N) is 4. The third-order valence-corrected chi connectivity index (χ3v) is 6.33. The van der Waals surface area contributed by atoms with Gasteiger partial charge in [0.2, 0.25) is 0 Å². The predicted molar refractivity (Wildman–Crippen MR) is 137 cm³/mol. The van der Waals surface area contributed by atoms with Gasteiger partial charge in [-0.25, -0.2) is 18.7 Å². The zero-order valence-electron chi connectivity index (χ0n) is 20.3. The first-order chi connectivity index (χ1) is 16.9. The fourth-order valence-corrected chi connectivity index (χ4v) is 4.13. The van der Waals surface area contributed by atoms with Crippen molar-refractivity contribution in [3.05, 3.63) is 91.5 Å². The molecule has 0 amide bonds. The Morgan fingerprint density at radius 3 is 2.67 bits per heavy atom. The summed E-state index contributed by atoms with van der Waals surface area (Å²) in [6.07, 6.45) is 5.98. The number of thioether (sulfide) groups is 1. The standard InChI is InChI=1S/C25H25ClF2N4O3S/c1-6-21(18-7-8-29-24(31-18)25(4,5)34)36-15(3)12-32-14(2)9-20(22(26)23(32)33)35-13-19-17(28)10-16(27)11-30-19/h6-12,34H,13H2,1-5H3/b15-12+,21-6-. The zero-order chi connectivity index (χ0) is 26.6. The molecule has 0 aliphatic carbocycles. The SMILES string of the molecule is C/C=C(\S/C(C)=C/n1c(C)cc(OCc2ncc(F)cc2F)c(Cl)c1=O)c1ccnc(C(C)(C)O)n1. The number of aromatic nitrogens is 4. The fourth-order valence-electron chi connectivity index (χ4n) is 3.09. The molecule has 0 unspecified atom stereocenters. The minimum absolute atomic E-state index is 0.0638. The summed E-state index contributed by atoms with van der Waals surface area (Å²) in [6.45, 7) is 8.29. The van der Waals surface area contributed by atoms with E-state index in [1.165, 1.54) is 16.3 Å². The van der Waals surface area contributed by atoms with Crippen LogP contribution < -0.4 is 10.3 Å². The summed E-state index contributed by atoms with van der Waals surface area (Å²) < 4.78 is 33.8.